The lowest BCUT2D eigenvalue weighted by atomic mass is 10.0. The molecule has 0 spiro atoms. The molecule has 19 heavy (non-hydrogen) atoms. The Hall–Kier alpha value is -0.380. The van der Waals surface area contributed by atoms with Crippen LogP contribution in [-0.2, 0) is 0 Å². The molecule has 1 aliphatic carbocycles. The summed E-state index contributed by atoms with van der Waals surface area (Å²) < 4.78 is 0. The average Bonchev–Trinajstić information content (AvgIpc) is 3.09. The van der Waals surface area contributed by atoms with Crippen LogP contribution in [0.3, 0.4) is 0 Å². The lowest BCUT2D eigenvalue weighted by Gasteiger charge is -2.38. The van der Waals surface area contributed by atoms with Gasteiger partial charge in [0.1, 0.15) is 0 Å². The van der Waals surface area contributed by atoms with Crippen molar-refractivity contribution in [2.24, 2.45) is 11.7 Å². The highest BCUT2D eigenvalue weighted by atomic mass is 32.1. The Morgan fingerprint density at radius 2 is 2.05 bits per heavy atom. The van der Waals surface area contributed by atoms with Crippen molar-refractivity contribution in [3.05, 3.63) is 21.9 Å². The van der Waals surface area contributed by atoms with Crippen LogP contribution in [0, 0.1) is 12.8 Å². The molecule has 1 aromatic heterocycles. The van der Waals surface area contributed by atoms with E-state index >= 15 is 0 Å². The van der Waals surface area contributed by atoms with E-state index in [2.05, 4.69) is 44.7 Å². The maximum Gasteiger partial charge on any atom is 0.0595 e. The van der Waals surface area contributed by atoms with Crippen molar-refractivity contribution in [3.8, 4) is 0 Å². The van der Waals surface area contributed by atoms with Crippen LogP contribution in [0.2, 0.25) is 0 Å². The number of rotatable bonds is 7. The van der Waals surface area contributed by atoms with E-state index in [0.29, 0.717) is 12.1 Å². The van der Waals surface area contributed by atoms with Crippen molar-refractivity contribution in [3.63, 3.8) is 0 Å². The number of hydrogen-bond donors (Lipinski definition) is 1. The average molecular weight is 280 g/mol. The molecule has 0 bridgehead atoms. The van der Waals surface area contributed by atoms with Crippen molar-refractivity contribution >= 4 is 11.3 Å². The van der Waals surface area contributed by atoms with Crippen LogP contribution < -0.4 is 5.73 Å². The highest BCUT2D eigenvalue weighted by Crippen LogP contribution is 2.37. The molecule has 0 aliphatic heterocycles. The fourth-order valence-corrected chi connectivity index (χ4v) is 3.78. The summed E-state index contributed by atoms with van der Waals surface area (Å²) in [7, 11) is 0. The Morgan fingerprint density at radius 3 is 2.47 bits per heavy atom. The molecule has 2 nitrogen and oxygen atoms in total. The smallest absolute Gasteiger partial charge is 0.0595 e. The van der Waals surface area contributed by atoms with Crippen LogP contribution in [0.15, 0.2) is 12.1 Å². The van der Waals surface area contributed by atoms with E-state index in [1.54, 1.807) is 0 Å². The highest BCUT2D eigenvalue weighted by Gasteiger charge is 2.33. The molecule has 1 aromatic rings. The third-order valence-electron chi connectivity index (χ3n) is 4.12. The van der Waals surface area contributed by atoms with Crippen molar-refractivity contribution in [2.45, 2.75) is 65.1 Å². The second-order valence-electron chi connectivity index (χ2n) is 6.20. The van der Waals surface area contributed by atoms with Gasteiger partial charge < -0.3 is 5.73 Å². The van der Waals surface area contributed by atoms with E-state index in [1.807, 2.05) is 11.3 Å². The van der Waals surface area contributed by atoms with Gasteiger partial charge in [-0.1, -0.05) is 6.92 Å². The largest absolute Gasteiger partial charge is 0.326 e. The summed E-state index contributed by atoms with van der Waals surface area (Å²) in [6.45, 7) is 10.2. The third-order valence-corrected chi connectivity index (χ3v) is 5.19. The molecular formula is C16H28N2S. The molecule has 108 valence electrons. The van der Waals surface area contributed by atoms with E-state index < -0.39 is 0 Å². The quantitative estimate of drug-likeness (QED) is 0.819. The normalized spacial score (nSPS) is 19.1. The van der Waals surface area contributed by atoms with Crippen LogP contribution in [-0.4, -0.2) is 23.5 Å². The van der Waals surface area contributed by atoms with Gasteiger partial charge in [0.25, 0.3) is 0 Å². The second kappa shape index (κ2) is 6.38. The van der Waals surface area contributed by atoms with Gasteiger partial charge in [0.15, 0.2) is 0 Å². The van der Waals surface area contributed by atoms with Crippen LogP contribution in [0.25, 0.3) is 0 Å². The first-order valence-electron chi connectivity index (χ1n) is 7.60. The fraction of sp³-hybridized carbons (Fsp3) is 0.750. The number of thiophene rings is 1. The van der Waals surface area contributed by atoms with Crippen molar-refractivity contribution in [1.29, 1.82) is 0 Å². The third kappa shape index (κ3) is 3.80. The first-order chi connectivity index (χ1) is 9.02. The second-order valence-corrected chi connectivity index (χ2v) is 7.52. The maximum atomic E-state index is 6.46. The lowest BCUT2D eigenvalue weighted by Crippen LogP contribution is -2.44. The molecule has 0 amide bonds. The molecule has 2 N–H and O–H groups in total. The summed E-state index contributed by atoms with van der Waals surface area (Å²) >= 11 is 1.91. The molecule has 2 unspecified atom stereocenters. The Balaban J connectivity index is 2.22. The van der Waals surface area contributed by atoms with Crippen molar-refractivity contribution < 1.29 is 0 Å². The standard InChI is InChI=1S/C16H28N2S/c1-5-14(17)16(15-9-6-12(4)19-15)18(11(2)3)10-13-7-8-13/h6,9,11,13-14,16H,5,7-8,10,17H2,1-4H3. The number of aryl methyl sites for hydroxylation is 1. The number of hydrogen-bond acceptors (Lipinski definition) is 3. The summed E-state index contributed by atoms with van der Waals surface area (Å²) in [5, 5.41) is 0. The summed E-state index contributed by atoms with van der Waals surface area (Å²) in [6.07, 6.45) is 3.84. The Labute approximate surface area is 122 Å². The molecule has 3 heteroatoms. The minimum atomic E-state index is 0.235. The van der Waals surface area contributed by atoms with Gasteiger partial charge in [0.05, 0.1) is 6.04 Å². The molecule has 0 aromatic carbocycles. The predicted octanol–water partition coefficient (Wildman–Crippen LogP) is 3.96. The summed E-state index contributed by atoms with van der Waals surface area (Å²) in [6, 6.07) is 5.70. The fourth-order valence-electron chi connectivity index (χ4n) is 2.70. The summed E-state index contributed by atoms with van der Waals surface area (Å²) in [4.78, 5) is 5.47. The topological polar surface area (TPSA) is 29.3 Å². The van der Waals surface area contributed by atoms with Crippen LogP contribution in [0.5, 0.6) is 0 Å². The minimum Gasteiger partial charge on any atom is -0.326 e. The first-order valence-corrected chi connectivity index (χ1v) is 8.42. The van der Waals surface area contributed by atoms with Crippen LogP contribution in [0.4, 0.5) is 0 Å². The first kappa shape index (κ1) is 15.0. The van der Waals surface area contributed by atoms with Crippen LogP contribution >= 0.6 is 11.3 Å². The van der Waals surface area contributed by atoms with Gasteiger partial charge in [-0.15, -0.1) is 11.3 Å². The highest BCUT2D eigenvalue weighted by molar-refractivity contribution is 7.12. The Bertz CT molecular complexity index is 395. The van der Waals surface area contributed by atoms with Crippen LogP contribution in [0.1, 0.15) is 55.8 Å². The monoisotopic (exact) mass is 280 g/mol. The van der Waals surface area contributed by atoms with Gasteiger partial charge in [0, 0.05) is 28.4 Å². The number of nitrogens with zero attached hydrogens (tertiary/aromatic N) is 1. The van der Waals surface area contributed by atoms with Crippen molar-refractivity contribution in [2.75, 3.05) is 6.54 Å². The molecule has 1 saturated carbocycles. The molecular weight excluding hydrogens is 252 g/mol. The van der Waals surface area contributed by atoms with Gasteiger partial charge in [0.2, 0.25) is 0 Å². The van der Waals surface area contributed by atoms with E-state index in [9.17, 15) is 0 Å². The molecule has 0 radical (unpaired) electrons. The lowest BCUT2D eigenvalue weighted by molar-refractivity contribution is 0.126. The maximum absolute atomic E-state index is 6.46. The summed E-state index contributed by atoms with van der Waals surface area (Å²) in [5.41, 5.74) is 6.46. The minimum absolute atomic E-state index is 0.235. The van der Waals surface area contributed by atoms with Gasteiger partial charge in [-0.25, -0.2) is 0 Å². The number of nitrogens with two attached hydrogens (primary N) is 1. The van der Waals surface area contributed by atoms with Gasteiger partial charge in [-0.05, 0) is 58.1 Å². The Kier molecular flexibility index (Phi) is 5.04. The molecule has 1 heterocycles. The molecule has 0 saturated heterocycles. The molecule has 2 rings (SSSR count). The molecule has 2 atom stereocenters. The van der Waals surface area contributed by atoms with E-state index in [-0.39, 0.29) is 6.04 Å². The van der Waals surface area contributed by atoms with Crippen molar-refractivity contribution in [1.82, 2.24) is 4.90 Å². The summed E-state index contributed by atoms with van der Waals surface area (Å²) in [5.74, 6) is 0.912. The SMILES string of the molecule is CCC(N)C(c1ccc(C)s1)N(CC1CC1)C(C)C. The van der Waals surface area contributed by atoms with Gasteiger partial charge in [-0.2, -0.15) is 0 Å². The van der Waals surface area contributed by atoms with E-state index in [4.69, 9.17) is 5.73 Å². The predicted molar refractivity (Wildman–Crippen MR) is 84.6 cm³/mol. The van der Waals surface area contributed by atoms with E-state index in [0.717, 1.165) is 12.3 Å². The molecule has 1 fully saturated rings. The zero-order valence-corrected chi connectivity index (χ0v) is 13.5. The zero-order valence-electron chi connectivity index (χ0n) is 12.7. The Morgan fingerprint density at radius 1 is 1.37 bits per heavy atom. The zero-order chi connectivity index (χ0) is 14.0. The van der Waals surface area contributed by atoms with Gasteiger partial charge in [-0.3, -0.25) is 4.90 Å². The van der Waals surface area contributed by atoms with Gasteiger partial charge >= 0.3 is 0 Å². The molecule has 1 aliphatic rings. The van der Waals surface area contributed by atoms with E-state index in [1.165, 1.54) is 29.1 Å².